The molecule has 2 amide bonds. The summed E-state index contributed by atoms with van der Waals surface area (Å²) in [5, 5.41) is 14.2. The van der Waals surface area contributed by atoms with E-state index >= 15 is 0 Å². The number of carbonyl (C=O) groups is 3. The van der Waals surface area contributed by atoms with Crippen molar-refractivity contribution >= 4 is 23.5 Å². The Morgan fingerprint density at radius 3 is 2.86 bits per heavy atom. The zero-order valence-electron chi connectivity index (χ0n) is 12.1. The minimum Gasteiger partial charge on any atom is -0.482 e. The van der Waals surface area contributed by atoms with Gasteiger partial charge in [-0.15, -0.1) is 0 Å². The molecule has 118 valence electrons. The first kappa shape index (κ1) is 15.8. The van der Waals surface area contributed by atoms with Crippen molar-refractivity contribution in [3.8, 4) is 5.75 Å². The van der Waals surface area contributed by atoms with Gasteiger partial charge < -0.3 is 25.2 Å². The number of fused-ring (bicyclic) bond motifs is 1. The smallest absolute Gasteiger partial charge is 0.331 e. The summed E-state index contributed by atoms with van der Waals surface area (Å²) in [7, 11) is 1.35. The standard InChI is InChI=1S/C14H16N2O6/c1-14(7-21-2,13(19)20)16-12(18)8-3-4-10-9(5-8)15-11(17)6-22-10/h3-5H,6-7H2,1-2H3,(H,15,17)(H,16,18)(H,19,20). The number of hydrogen-bond acceptors (Lipinski definition) is 5. The monoisotopic (exact) mass is 308 g/mol. The molecule has 3 N–H and O–H groups in total. The van der Waals surface area contributed by atoms with Crippen molar-refractivity contribution in [1.82, 2.24) is 5.32 Å². The lowest BCUT2D eigenvalue weighted by molar-refractivity contribution is -0.145. The molecule has 0 saturated carbocycles. The van der Waals surface area contributed by atoms with Gasteiger partial charge in [0.15, 0.2) is 12.1 Å². The molecular weight excluding hydrogens is 292 g/mol. The minimum atomic E-state index is -1.55. The van der Waals surface area contributed by atoms with Crippen LogP contribution in [-0.4, -0.2) is 48.8 Å². The molecule has 22 heavy (non-hydrogen) atoms. The van der Waals surface area contributed by atoms with Gasteiger partial charge in [0.25, 0.3) is 11.8 Å². The number of carboxylic acid groups (broad SMARTS) is 1. The van der Waals surface area contributed by atoms with Crippen molar-refractivity contribution in [2.24, 2.45) is 0 Å². The minimum absolute atomic E-state index is 0.0799. The van der Waals surface area contributed by atoms with E-state index in [1.807, 2.05) is 0 Å². The van der Waals surface area contributed by atoms with Crippen LogP contribution in [0.15, 0.2) is 18.2 Å². The molecule has 8 nitrogen and oxygen atoms in total. The molecule has 1 aliphatic rings. The van der Waals surface area contributed by atoms with Crippen LogP contribution in [0.1, 0.15) is 17.3 Å². The second-order valence-electron chi connectivity index (χ2n) is 5.07. The number of nitrogens with one attached hydrogen (secondary N) is 2. The summed E-state index contributed by atoms with van der Waals surface area (Å²) >= 11 is 0. The summed E-state index contributed by atoms with van der Waals surface area (Å²) in [5.74, 6) is -1.67. The molecule has 0 aliphatic carbocycles. The second-order valence-corrected chi connectivity index (χ2v) is 5.07. The first-order valence-electron chi connectivity index (χ1n) is 6.47. The lowest BCUT2D eigenvalue weighted by Crippen LogP contribution is -2.55. The number of methoxy groups -OCH3 is 1. The molecule has 1 aromatic rings. The maximum atomic E-state index is 12.2. The molecule has 0 radical (unpaired) electrons. The number of carbonyl (C=O) groups excluding carboxylic acids is 2. The van der Waals surface area contributed by atoms with Gasteiger partial charge in [-0.05, 0) is 25.1 Å². The Bertz CT molecular complexity index is 630. The molecule has 0 spiro atoms. The summed E-state index contributed by atoms with van der Waals surface area (Å²) in [6.45, 7) is 1.09. The third-order valence-corrected chi connectivity index (χ3v) is 3.17. The predicted octanol–water partition coefficient (Wildman–Crippen LogP) is 0.237. The molecule has 1 atom stereocenters. The van der Waals surface area contributed by atoms with Gasteiger partial charge in [0.05, 0.1) is 12.3 Å². The van der Waals surface area contributed by atoms with Gasteiger partial charge in [-0.1, -0.05) is 0 Å². The fourth-order valence-corrected chi connectivity index (χ4v) is 1.99. The average molecular weight is 308 g/mol. The zero-order chi connectivity index (χ0) is 16.3. The molecule has 8 heteroatoms. The lowest BCUT2D eigenvalue weighted by Gasteiger charge is -2.25. The third kappa shape index (κ3) is 3.17. The van der Waals surface area contributed by atoms with E-state index in [9.17, 15) is 19.5 Å². The van der Waals surface area contributed by atoms with Gasteiger partial charge in [0.2, 0.25) is 0 Å². The van der Waals surface area contributed by atoms with Crippen molar-refractivity contribution in [1.29, 1.82) is 0 Å². The van der Waals surface area contributed by atoms with Crippen LogP contribution in [0, 0.1) is 0 Å². The van der Waals surface area contributed by atoms with Gasteiger partial charge in [-0.2, -0.15) is 0 Å². The first-order chi connectivity index (χ1) is 10.4. The first-order valence-corrected chi connectivity index (χ1v) is 6.47. The van der Waals surface area contributed by atoms with Crippen molar-refractivity contribution in [2.45, 2.75) is 12.5 Å². The number of rotatable bonds is 5. The fourth-order valence-electron chi connectivity index (χ4n) is 1.99. The summed E-state index contributed by atoms with van der Waals surface area (Å²) in [5.41, 5.74) is -0.984. The van der Waals surface area contributed by atoms with Crippen LogP contribution < -0.4 is 15.4 Å². The SMILES string of the molecule is COCC(C)(NC(=O)c1ccc2c(c1)NC(=O)CO2)C(=O)O. The summed E-state index contributed by atoms with van der Waals surface area (Å²) < 4.78 is 10.0. The number of ether oxygens (including phenoxy) is 2. The number of amides is 2. The number of benzene rings is 1. The Morgan fingerprint density at radius 1 is 1.50 bits per heavy atom. The lowest BCUT2D eigenvalue weighted by atomic mass is 10.0. The van der Waals surface area contributed by atoms with E-state index in [1.165, 1.54) is 32.2 Å². The molecule has 0 saturated heterocycles. The summed E-state index contributed by atoms with van der Waals surface area (Å²) in [6.07, 6.45) is 0. The second kappa shape index (κ2) is 6.02. The average Bonchev–Trinajstić information content (AvgIpc) is 2.46. The van der Waals surface area contributed by atoms with Crippen LogP contribution in [0.2, 0.25) is 0 Å². The largest absolute Gasteiger partial charge is 0.482 e. The molecule has 2 rings (SSSR count). The van der Waals surface area contributed by atoms with Gasteiger partial charge >= 0.3 is 5.97 Å². The van der Waals surface area contributed by atoms with Crippen molar-refractivity contribution < 1.29 is 29.0 Å². The van der Waals surface area contributed by atoms with Crippen LogP contribution in [0.25, 0.3) is 0 Å². The Hall–Kier alpha value is -2.61. The number of hydrogen-bond donors (Lipinski definition) is 3. The van der Waals surface area contributed by atoms with Crippen molar-refractivity contribution in [3.63, 3.8) is 0 Å². The maximum Gasteiger partial charge on any atom is 0.331 e. The zero-order valence-corrected chi connectivity index (χ0v) is 12.1. The van der Waals surface area contributed by atoms with Crippen LogP contribution in [0.3, 0.4) is 0 Å². The number of carboxylic acids is 1. The molecule has 0 aromatic heterocycles. The van der Waals surface area contributed by atoms with E-state index in [0.717, 1.165) is 0 Å². The van der Waals surface area contributed by atoms with E-state index in [0.29, 0.717) is 11.4 Å². The van der Waals surface area contributed by atoms with E-state index in [4.69, 9.17) is 9.47 Å². The van der Waals surface area contributed by atoms with Crippen LogP contribution in [0.4, 0.5) is 5.69 Å². The van der Waals surface area contributed by atoms with E-state index in [1.54, 1.807) is 0 Å². The van der Waals surface area contributed by atoms with Crippen LogP contribution in [0.5, 0.6) is 5.75 Å². The molecule has 0 bridgehead atoms. The highest BCUT2D eigenvalue weighted by atomic mass is 16.5. The highest BCUT2D eigenvalue weighted by molar-refractivity contribution is 6.01. The maximum absolute atomic E-state index is 12.2. The van der Waals surface area contributed by atoms with E-state index in [-0.39, 0.29) is 24.7 Å². The van der Waals surface area contributed by atoms with Crippen LogP contribution >= 0.6 is 0 Å². The van der Waals surface area contributed by atoms with Crippen LogP contribution in [-0.2, 0) is 14.3 Å². The molecule has 1 aliphatic heterocycles. The Kier molecular flexibility index (Phi) is 4.32. The van der Waals surface area contributed by atoms with E-state index < -0.39 is 17.4 Å². The van der Waals surface area contributed by atoms with Gasteiger partial charge in [-0.3, -0.25) is 9.59 Å². The molecule has 0 fully saturated rings. The highest BCUT2D eigenvalue weighted by Crippen LogP contribution is 2.28. The summed E-state index contributed by atoms with van der Waals surface area (Å²) in [4.78, 5) is 34.8. The predicted molar refractivity (Wildman–Crippen MR) is 75.9 cm³/mol. The fraction of sp³-hybridized carbons (Fsp3) is 0.357. The van der Waals surface area contributed by atoms with Gasteiger partial charge in [0.1, 0.15) is 5.75 Å². The van der Waals surface area contributed by atoms with Crippen molar-refractivity contribution in [2.75, 3.05) is 25.6 Å². The van der Waals surface area contributed by atoms with Crippen molar-refractivity contribution in [3.05, 3.63) is 23.8 Å². The number of aliphatic carboxylic acids is 1. The van der Waals surface area contributed by atoms with E-state index in [2.05, 4.69) is 10.6 Å². The molecular formula is C14H16N2O6. The van der Waals surface area contributed by atoms with Gasteiger partial charge in [0, 0.05) is 12.7 Å². The van der Waals surface area contributed by atoms with Gasteiger partial charge in [-0.25, -0.2) is 4.79 Å². The Labute approximate surface area is 126 Å². The summed E-state index contributed by atoms with van der Waals surface area (Å²) in [6, 6.07) is 4.45. The quantitative estimate of drug-likeness (QED) is 0.718. The highest BCUT2D eigenvalue weighted by Gasteiger charge is 2.35. The Morgan fingerprint density at radius 2 is 2.23 bits per heavy atom. The normalized spacial score (nSPS) is 15.8. The third-order valence-electron chi connectivity index (χ3n) is 3.17. The molecule has 1 heterocycles. The molecule has 1 unspecified atom stereocenters. The Balaban J connectivity index is 2.21. The molecule has 1 aromatic carbocycles. The topological polar surface area (TPSA) is 114 Å². The number of anilines is 1.